The zero-order chi connectivity index (χ0) is 28.3. The number of alkyl halides is 1. The highest BCUT2D eigenvalue weighted by Crippen LogP contribution is 2.49. The monoisotopic (exact) mass is 649 g/mol. The Labute approximate surface area is 251 Å². The van der Waals surface area contributed by atoms with Crippen LogP contribution in [0.15, 0.2) is 41.7 Å². The molecule has 2 aromatic rings. The molecular formula is C29H30BrCl2N3O5. The Kier molecular flexibility index (Phi) is 9.24. The van der Waals surface area contributed by atoms with Crippen molar-refractivity contribution >= 4 is 68.2 Å². The van der Waals surface area contributed by atoms with Crippen molar-refractivity contribution in [2.24, 2.45) is 10.4 Å². The Morgan fingerprint density at radius 3 is 2.48 bits per heavy atom. The van der Waals surface area contributed by atoms with E-state index in [0.717, 1.165) is 56.2 Å². The number of benzene rings is 1. The summed E-state index contributed by atoms with van der Waals surface area (Å²) in [6.07, 6.45) is 9.30. The first-order chi connectivity index (χ1) is 19.3. The van der Waals surface area contributed by atoms with Gasteiger partial charge in [0.25, 0.3) is 5.91 Å². The van der Waals surface area contributed by atoms with Crippen LogP contribution < -0.4 is 5.32 Å². The van der Waals surface area contributed by atoms with Crippen LogP contribution in [-0.2, 0) is 25.5 Å². The molecule has 5 rings (SSSR count). The molecule has 11 heteroatoms. The van der Waals surface area contributed by atoms with Gasteiger partial charge in [0.15, 0.2) is 11.8 Å². The minimum Gasteiger partial charge on any atom is -0.461 e. The normalized spacial score (nSPS) is 23.6. The standard InChI is InChI=1S/C29H30BrCl2N3O5/c30-24-25(29(26(24)36)10-2-1-3-11-29)35-22(28(38)40-16-19-5-4-12-39-19)13-17-6-8-18(9-7-17)34-27(37)23-20(31)14-33-15-21(23)32/h6-9,14-15,19,22,24H,1-5,10-13,16H2,(H,34,37)/t19?,22-,24?/m0/s1. The van der Waals surface area contributed by atoms with Crippen LogP contribution >= 0.6 is 39.1 Å². The van der Waals surface area contributed by atoms with Gasteiger partial charge in [-0.05, 0) is 43.4 Å². The van der Waals surface area contributed by atoms with Gasteiger partial charge in [-0.2, -0.15) is 0 Å². The molecule has 3 atom stereocenters. The lowest BCUT2D eigenvalue weighted by Gasteiger charge is -2.48. The van der Waals surface area contributed by atoms with Gasteiger partial charge in [-0.1, -0.05) is 70.5 Å². The van der Waals surface area contributed by atoms with E-state index in [0.29, 0.717) is 12.3 Å². The highest BCUT2D eigenvalue weighted by atomic mass is 79.9. The van der Waals surface area contributed by atoms with E-state index in [9.17, 15) is 14.4 Å². The smallest absolute Gasteiger partial charge is 0.331 e. The molecule has 0 bridgehead atoms. The van der Waals surface area contributed by atoms with Crippen LogP contribution in [0, 0.1) is 5.41 Å². The van der Waals surface area contributed by atoms with E-state index in [4.69, 9.17) is 37.7 Å². The van der Waals surface area contributed by atoms with Crippen LogP contribution in [0.5, 0.6) is 0 Å². The number of pyridine rings is 1. The molecular weight excluding hydrogens is 621 g/mol. The Morgan fingerprint density at radius 2 is 1.82 bits per heavy atom. The van der Waals surface area contributed by atoms with E-state index < -0.39 is 28.2 Å². The Balaban J connectivity index is 1.33. The Morgan fingerprint density at radius 1 is 1.12 bits per heavy atom. The number of esters is 1. The number of Topliss-reactive ketones (excluding diaryl/α,β-unsaturated/α-hetero) is 1. The summed E-state index contributed by atoms with van der Waals surface area (Å²) < 4.78 is 11.3. The minimum atomic E-state index is -0.807. The molecule has 212 valence electrons. The quantitative estimate of drug-likeness (QED) is 0.277. The van der Waals surface area contributed by atoms with Crippen molar-refractivity contribution in [1.82, 2.24) is 4.98 Å². The van der Waals surface area contributed by atoms with Gasteiger partial charge in [0.2, 0.25) is 0 Å². The van der Waals surface area contributed by atoms with Crippen LogP contribution in [0.1, 0.15) is 60.9 Å². The number of amides is 1. The summed E-state index contributed by atoms with van der Waals surface area (Å²) in [7, 11) is 0. The van der Waals surface area contributed by atoms with Crippen molar-refractivity contribution in [1.29, 1.82) is 0 Å². The number of ether oxygens (including phenoxy) is 2. The van der Waals surface area contributed by atoms with Gasteiger partial charge in [-0.15, -0.1) is 0 Å². The van der Waals surface area contributed by atoms with Crippen molar-refractivity contribution in [3.8, 4) is 0 Å². The highest BCUT2D eigenvalue weighted by Gasteiger charge is 2.58. The highest BCUT2D eigenvalue weighted by molar-refractivity contribution is 9.10. The van der Waals surface area contributed by atoms with Gasteiger partial charge >= 0.3 is 5.97 Å². The number of hydrogen-bond acceptors (Lipinski definition) is 7. The maximum absolute atomic E-state index is 13.3. The lowest BCUT2D eigenvalue weighted by Crippen LogP contribution is -2.61. The zero-order valence-electron chi connectivity index (χ0n) is 21.8. The van der Waals surface area contributed by atoms with Crippen LogP contribution in [0.2, 0.25) is 10.0 Å². The van der Waals surface area contributed by atoms with Crippen LogP contribution in [0.3, 0.4) is 0 Å². The summed E-state index contributed by atoms with van der Waals surface area (Å²) in [6.45, 7) is 0.861. The zero-order valence-corrected chi connectivity index (χ0v) is 24.9. The van der Waals surface area contributed by atoms with E-state index in [2.05, 4.69) is 26.2 Å². The van der Waals surface area contributed by atoms with Gasteiger partial charge in [0.05, 0.1) is 27.1 Å². The first-order valence-electron chi connectivity index (χ1n) is 13.5. The molecule has 1 saturated heterocycles. The maximum atomic E-state index is 13.3. The molecule has 8 nitrogen and oxygen atoms in total. The topological polar surface area (TPSA) is 107 Å². The van der Waals surface area contributed by atoms with E-state index in [1.807, 2.05) is 12.1 Å². The van der Waals surface area contributed by atoms with E-state index >= 15 is 0 Å². The molecule has 3 aliphatic rings. The second-order valence-corrected chi connectivity index (χ2v) is 12.2. The minimum absolute atomic E-state index is 0.0959. The van der Waals surface area contributed by atoms with Crippen molar-refractivity contribution in [3.63, 3.8) is 0 Å². The average molecular weight is 651 g/mol. The fourth-order valence-corrected chi connectivity index (χ4v) is 7.20. The number of carbonyl (C=O) groups is 3. The lowest BCUT2D eigenvalue weighted by atomic mass is 9.58. The van der Waals surface area contributed by atoms with Crippen molar-refractivity contribution in [2.75, 3.05) is 18.5 Å². The molecule has 0 radical (unpaired) electrons. The lowest BCUT2D eigenvalue weighted by molar-refractivity contribution is -0.148. The Hall–Kier alpha value is -2.33. The predicted octanol–water partition coefficient (Wildman–Crippen LogP) is 6.01. The van der Waals surface area contributed by atoms with Gasteiger partial charge in [0, 0.05) is 36.8 Å². The molecule has 1 aromatic carbocycles. The van der Waals surface area contributed by atoms with Gasteiger partial charge < -0.3 is 14.8 Å². The SMILES string of the molecule is O=C(Nc1ccc(C[C@H](N=C2C(Br)C(=O)C23CCCCC3)C(=O)OCC2CCCO2)cc1)c1c(Cl)cncc1Cl. The molecule has 3 fully saturated rings. The maximum Gasteiger partial charge on any atom is 0.331 e. The number of nitrogens with zero attached hydrogens (tertiary/aromatic N) is 2. The molecule has 2 heterocycles. The molecule has 2 saturated carbocycles. The predicted molar refractivity (Wildman–Crippen MR) is 157 cm³/mol. The van der Waals surface area contributed by atoms with Crippen molar-refractivity contribution < 1.29 is 23.9 Å². The number of aliphatic imine (C=N–C) groups is 1. The fourth-order valence-electron chi connectivity index (χ4n) is 5.67. The summed E-state index contributed by atoms with van der Waals surface area (Å²) in [4.78, 5) is 47.2. The third-order valence-electron chi connectivity index (χ3n) is 7.86. The largest absolute Gasteiger partial charge is 0.461 e. The number of halogens is 3. The molecule has 1 aliphatic heterocycles. The third kappa shape index (κ3) is 6.12. The number of nitrogens with one attached hydrogen (secondary N) is 1. The number of ketones is 1. The fraction of sp³-hybridized carbons (Fsp3) is 0.483. The molecule has 1 aromatic heterocycles. The number of anilines is 1. The third-order valence-corrected chi connectivity index (χ3v) is 9.29. The summed E-state index contributed by atoms with van der Waals surface area (Å²) in [5.41, 5.74) is 1.70. The second-order valence-electron chi connectivity index (χ2n) is 10.5. The average Bonchev–Trinajstić information content (AvgIpc) is 3.48. The van der Waals surface area contributed by atoms with Gasteiger partial charge in [0.1, 0.15) is 11.4 Å². The molecule has 1 N–H and O–H groups in total. The second kappa shape index (κ2) is 12.7. The molecule has 2 unspecified atom stereocenters. The van der Waals surface area contributed by atoms with Crippen LogP contribution in [0.25, 0.3) is 0 Å². The molecule has 40 heavy (non-hydrogen) atoms. The van der Waals surface area contributed by atoms with Crippen molar-refractivity contribution in [3.05, 3.63) is 57.8 Å². The molecule has 1 amide bonds. The first kappa shape index (κ1) is 29.2. The van der Waals surface area contributed by atoms with E-state index in [1.165, 1.54) is 12.4 Å². The first-order valence-corrected chi connectivity index (χ1v) is 15.2. The van der Waals surface area contributed by atoms with Gasteiger partial charge in [-0.25, -0.2) is 4.79 Å². The number of aromatic nitrogens is 1. The molecule has 1 spiro atoms. The summed E-state index contributed by atoms with van der Waals surface area (Å²) in [5.74, 6) is -0.734. The number of hydrogen-bond donors (Lipinski definition) is 1. The number of rotatable bonds is 8. The summed E-state index contributed by atoms with van der Waals surface area (Å²) in [6, 6.07) is 6.31. The van der Waals surface area contributed by atoms with Crippen LogP contribution in [0.4, 0.5) is 5.69 Å². The Bertz CT molecular complexity index is 1290. The van der Waals surface area contributed by atoms with E-state index in [1.54, 1.807) is 12.1 Å². The van der Waals surface area contributed by atoms with E-state index in [-0.39, 0.29) is 40.5 Å². The number of carbonyl (C=O) groups excluding carboxylic acids is 3. The van der Waals surface area contributed by atoms with Crippen molar-refractivity contribution in [2.45, 2.75) is 68.3 Å². The summed E-state index contributed by atoms with van der Waals surface area (Å²) in [5, 5.41) is 3.09. The summed E-state index contributed by atoms with van der Waals surface area (Å²) >= 11 is 15.7. The van der Waals surface area contributed by atoms with Gasteiger partial charge in [-0.3, -0.25) is 19.6 Å². The molecule has 2 aliphatic carbocycles. The van der Waals surface area contributed by atoms with Crippen LogP contribution in [-0.4, -0.2) is 58.5 Å².